The fourth-order valence-corrected chi connectivity index (χ4v) is 7.59. The molecule has 3 fully saturated rings. The lowest BCUT2D eigenvalue weighted by Gasteiger charge is -2.34. The standard InChI is InChI=1S/C35H54N8O17S/c1-14-12-43-28(29(14)50)33(54)38-11-17(45)9-19(37)30(51)39-25(15(2)44)34(55)42-13-18(46)10-20(42)31(52)40-26(32(53)41-27(35(43)56)22(48)5-6-36)23(49)7-16-3-4-21(47)24(8-16)58-61-60-59-57/h3-4,8,14-15,17-20,22-23,25-29,44-50,57H,5-7,9-13,36-37H2,1-2H3,(H,38,54)(H,39,51)(H,40,52)(H,41,53)/t14-,15+,17+,18+,19+,20+,22-,23-,25+,26+,27+,28+,29+/m1/s1. The molecule has 1 aromatic carbocycles. The third-order valence-electron chi connectivity index (χ3n) is 10.6. The Morgan fingerprint density at radius 3 is 2.16 bits per heavy atom. The van der Waals surface area contributed by atoms with Crippen LogP contribution in [0.25, 0.3) is 0 Å². The molecule has 0 aromatic heterocycles. The molecule has 0 spiro atoms. The van der Waals surface area contributed by atoms with Crippen molar-refractivity contribution in [3.63, 3.8) is 0 Å². The van der Waals surface area contributed by atoms with Crippen molar-refractivity contribution in [2.24, 2.45) is 17.4 Å². The zero-order chi connectivity index (χ0) is 45.3. The molecule has 16 N–H and O–H groups in total. The number of aliphatic hydroxyl groups is 6. The van der Waals surface area contributed by atoms with E-state index in [0.29, 0.717) is 0 Å². The first kappa shape index (κ1) is 49.2. The molecular formula is C35H54N8O17S. The van der Waals surface area contributed by atoms with E-state index < -0.39 is 152 Å². The zero-order valence-electron chi connectivity index (χ0n) is 33.1. The maximum atomic E-state index is 14.3. The van der Waals surface area contributed by atoms with Crippen LogP contribution >= 0.6 is 12.3 Å². The van der Waals surface area contributed by atoms with Crippen LogP contribution in [0.4, 0.5) is 0 Å². The summed E-state index contributed by atoms with van der Waals surface area (Å²) < 4.78 is 9.22. The van der Waals surface area contributed by atoms with Gasteiger partial charge in [-0.3, -0.25) is 28.8 Å². The molecule has 4 rings (SSSR count). The Labute approximate surface area is 352 Å². The highest BCUT2D eigenvalue weighted by Gasteiger charge is 2.49. The van der Waals surface area contributed by atoms with Crippen LogP contribution in [0.5, 0.6) is 11.5 Å². The molecule has 3 aliphatic rings. The molecule has 3 heterocycles. The van der Waals surface area contributed by atoms with Gasteiger partial charge in [-0.15, -0.1) is 0 Å². The van der Waals surface area contributed by atoms with Crippen molar-refractivity contribution >= 4 is 47.8 Å². The van der Waals surface area contributed by atoms with Crippen molar-refractivity contribution in [2.75, 3.05) is 26.2 Å². The summed E-state index contributed by atoms with van der Waals surface area (Å²) in [5.41, 5.74) is 11.9. The number of aliphatic hydroxyl groups excluding tert-OH is 6. The minimum atomic E-state index is -2.04. The SMILES string of the molecule is C[C@H](O)[C@@H]1NC(=O)[C@@H](N)C[C@H](O)CNC(=O)[C@@H]2[C@@H](O)[C@H](C)CN2C(=O)[C@H]([C@H](O)CCN)NC(=O)[C@H]([C@H](O)Cc2ccc(O)c(OSOOO)c2)NC(=O)[C@@H]2C[C@H](O)CN2C1=O. The molecule has 26 heteroatoms. The van der Waals surface area contributed by atoms with E-state index in [9.17, 15) is 64.5 Å². The second-order valence-corrected chi connectivity index (χ2v) is 15.7. The molecule has 0 radical (unpaired) electrons. The predicted octanol–water partition coefficient (Wildman–Crippen LogP) is -6.42. The van der Waals surface area contributed by atoms with Crippen molar-refractivity contribution in [2.45, 2.75) is 112 Å². The number of benzene rings is 1. The number of nitrogens with one attached hydrogen (secondary N) is 4. The first-order chi connectivity index (χ1) is 28.8. The Bertz CT molecular complexity index is 1730. The number of nitrogens with two attached hydrogens (primary N) is 2. The molecule has 0 saturated carbocycles. The molecule has 1 aromatic rings. The summed E-state index contributed by atoms with van der Waals surface area (Å²) in [7, 11) is 0. The van der Waals surface area contributed by atoms with E-state index >= 15 is 0 Å². The number of phenolic OH excluding ortho intramolecular Hbond substituents is 1. The average molecular weight is 891 g/mol. The molecule has 0 aliphatic carbocycles. The number of hydrogen-bond donors (Lipinski definition) is 14. The number of nitrogens with zero attached hydrogens (tertiary/aromatic N) is 2. The van der Waals surface area contributed by atoms with Gasteiger partial charge in [0, 0.05) is 38.4 Å². The van der Waals surface area contributed by atoms with Crippen molar-refractivity contribution < 1.29 is 83.3 Å². The molecular weight excluding hydrogens is 836 g/mol. The molecule has 0 unspecified atom stereocenters. The van der Waals surface area contributed by atoms with Gasteiger partial charge in [0.1, 0.15) is 30.2 Å². The number of β-amino-alcohol motifs (C(OH)–C–C–N with tert-alkyl or cyclic N) is 1. The Morgan fingerprint density at radius 2 is 1.51 bits per heavy atom. The Kier molecular flexibility index (Phi) is 17.8. The largest absolute Gasteiger partial charge is 0.504 e. The predicted molar refractivity (Wildman–Crippen MR) is 206 cm³/mol. The van der Waals surface area contributed by atoms with E-state index in [1.54, 1.807) is 0 Å². The lowest BCUT2D eigenvalue weighted by Crippen LogP contribution is -2.64. The Morgan fingerprint density at radius 1 is 0.852 bits per heavy atom. The summed E-state index contributed by atoms with van der Waals surface area (Å²) in [5, 5.41) is 97.2. The molecule has 13 atom stereocenters. The molecule has 3 aliphatic heterocycles. The van der Waals surface area contributed by atoms with E-state index in [1.807, 2.05) is 0 Å². The van der Waals surface area contributed by atoms with Crippen LogP contribution in [-0.2, 0) is 44.6 Å². The molecule has 0 bridgehead atoms. The minimum absolute atomic E-state index is 0.0930. The van der Waals surface area contributed by atoms with Crippen molar-refractivity contribution in [3.05, 3.63) is 23.8 Å². The van der Waals surface area contributed by atoms with Crippen molar-refractivity contribution in [1.29, 1.82) is 0 Å². The maximum absolute atomic E-state index is 14.3. The normalized spacial score (nSPS) is 31.5. The highest BCUT2D eigenvalue weighted by molar-refractivity contribution is 7.90. The van der Waals surface area contributed by atoms with E-state index in [4.69, 9.17) is 20.9 Å². The number of rotatable bonds is 11. The van der Waals surface area contributed by atoms with Crippen LogP contribution in [0, 0.1) is 5.92 Å². The molecule has 25 nitrogen and oxygen atoms in total. The summed E-state index contributed by atoms with van der Waals surface area (Å²) >= 11 is 0.0930. The van der Waals surface area contributed by atoms with Gasteiger partial charge in [0.15, 0.2) is 11.5 Å². The maximum Gasteiger partial charge on any atom is 0.261 e. The summed E-state index contributed by atoms with van der Waals surface area (Å²) in [6.07, 6.45) is -11.3. The van der Waals surface area contributed by atoms with Gasteiger partial charge >= 0.3 is 0 Å². The first-order valence-corrected chi connectivity index (χ1v) is 19.9. The van der Waals surface area contributed by atoms with Crippen molar-refractivity contribution in [3.8, 4) is 11.5 Å². The van der Waals surface area contributed by atoms with Gasteiger partial charge in [-0.05, 0) is 44.0 Å². The second-order valence-electron chi connectivity index (χ2n) is 15.3. The number of hydrogen-bond acceptors (Lipinski definition) is 20. The van der Waals surface area contributed by atoms with E-state index in [1.165, 1.54) is 19.1 Å². The highest BCUT2D eigenvalue weighted by Crippen LogP contribution is 2.31. The van der Waals surface area contributed by atoms with Crippen molar-refractivity contribution in [1.82, 2.24) is 31.1 Å². The number of amides is 6. The van der Waals surface area contributed by atoms with Gasteiger partial charge < -0.3 is 82.5 Å². The smallest absolute Gasteiger partial charge is 0.261 e. The number of carbonyl (C=O) groups excluding carboxylic acids is 6. The summed E-state index contributed by atoms with van der Waals surface area (Å²) in [4.78, 5) is 85.1. The van der Waals surface area contributed by atoms with Gasteiger partial charge in [0.05, 0.1) is 42.7 Å². The minimum Gasteiger partial charge on any atom is -0.504 e. The van der Waals surface area contributed by atoms with Crippen LogP contribution < -0.4 is 36.9 Å². The molecule has 342 valence electrons. The molecule has 61 heavy (non-hydrogen) atoms. The lowest BCUT2D eigenvalue weighted by atomic mass is 9.98. The number of phenols is 1. The monoisotopic (exact) mass is 890 g/mol. The summed E-state index contributed by atoms with van der Waals surface area (Å²) in [6, 6.07) is -6.80. The molecule has 6 amide bonds. The average Bonchev–Trinajstić information content (AvgIpc) is 3.75. The number of carbonyl (C=O) groups is 6. The van der Waals surface area contributed by atoms with Crippen LogP contribution in [0.3, 0.4) is 0 Å². The second kappa shape index (κ2) is 22.1. The highest BCUT2D eigenvalue weighted by atomic mass is 32.2. The van der Waals surface area contributed by atoms with E-state index in [2.05, 4.69) is 30.6 Å². The number of fused-ring (bicyclic) bond motifs is 2. The van der Waals surface area contributed by atoms with Gasteiger partial charge in [-0.25, -0.2) is 5.26 Å². The third-order valence-corrected chi connectivity index (χ3v) is 11.0. The van der Waals surface area contributed by atoms with Gasteiger partial charge in [-0.2, -0.15) is 0 Å². The summed E-state index contributed by atoms with van der Waals surface area (Å²) in [5.74, 6) is -7.95. The van der Waals surface area contributed by atoms with Crippen LogP contribution in [-0.4, -0.2) is 185 Å². The number of aromatic hydroxyl groups is 1. The topological polar surface area (TPSA) is 399 Å². The van der Waals surface area contributed by atoms with Gasteiger partial charge in [0.2, 0.25) is 35.4 Å². The Hall–Kier alpha value is -4.45. The van der Waals surface area contributed by atoms with Gasteiger partial charge in [-0.1, -0.05) is 22.4 Å². The first-order valence-electron chi connectivity index (χ1n) is 19.3. The van der Waals surface area contributed by atoms with Crippen LogP contribution in [0.2, 0.25) is 0 Å². The van der Waals surface area contributed by atoms with E-state index in [-0.39, 0.29) is 43.1 Å². The zero-order valence-corrected chi connectivity index (χ0v) is 33.9. The van der Waals surface area contributed by atoms with Gasteiger partial charge in [0.25, 0.3) is 12.3 Å². The fourth-order valence-electron chi connectivity index (χ4n) is 7.33. The fraction of sp³-hybridized carbons (Fsp3) is 0.657. The quantitative estimate of drug-likeness (QED) is 0.0425. The van der Waals surface area contributed by atoms with Crippen LogP contribution in [0.1, 0.15) is 38.7 Å². The third kappa shape index (κ3) is 12.4. The summed E-state index contributed by atoms with van der Waals surface area (Å²) in [6.45, 7) is 1.21. The van der Waals surface area contributed by atoms with Crippen LogP contribution in [0.15, 0.2) is 18.2 Å². The Balaban J connectivity index is 1.79. The molecule has 3 saturated heterocycles. The lowest BCUT2D eigenvalue weighted by molar-refractivity contribution is -0.433. The van der Waals surface area contributed by atoms with E-state index in [0.717, 1.165) is 22.8 Å².